The maximum atomic E-state index is 14.9. The van der Waals surface area contributed by atoms with Crippen molar-refractivity contribution in [2.24, 2.45) is 5.92 Å². The van der Waals surface area contributed by atoms with Crippen molar-refractivity contribution >= 4 is 33.5 Å². The summed E-state index contributed by atoms with van der Waals surface area (Å²) < 4.78 is 20.8. The second-order valence-corrected chi connectivity index (χ2v) is 13.4. The van der Waals surface area contributed by atoms with Gasteiger partial charge in [-0.25, -0.2) is 9.37 Å². The first kappa shape index (κ1) is 31.2. The van der Waals surface area contributed by atoms with Gasteiger partial charge < -0.3 is 15.0 Å². The van der Waals surface area contributed by atoms with Crippen LogP contribution in [0.15, 0.2) is 73.2 Å². The fourth-order valence-corrected chi connectivity index (χ4v) is 7.44. The normalized spacial score (nSPS) is 15.7. The number of aromatic amines is 2. The number of nitrogens with one attached hydrogen (secondary N) is 3. The first-order chi connectivity index (χ1) is 24.1. The lowest BCUT2D eigenvalue weighted by molar-refractivity contribution is -0.117. The number of hydrogen-bond donors (Lipinski definition) is 3. The highest BCUT2D eigenvalue weighted by molar-refractivity contribution is 6.01. The van der Waals surface area contributed by atoms with Gasteiger partial charge in [0.15, 0.2) is 0 Å². The lowest BCUT2D eigenvalue weighted by Crippen LogP contribution is -2.25. The van der Waals surface area contributed by atoms with E-state index in [9.17, 15) is 9.18 Å². The lowest BCUT2D eigenvalue weighted by Gasteiger charge is -2.20. The fraction of sp³-hybridized carbons (Fsp3) is 0.333. The standard InChI is InChI=1S/C39H40FN7O2/c40-29-17-27(19-31(21-29)49-15-14-47-12-4-5-13-47)32-10-11-42-39-33(32)22-36(44-39)38-34-20-26(8-9-35(34)45-46-38)28-18-30(24-41-23-28)43-37(48)16-25-6-2-1-3-7-25/h8-11,17-25H,1-7,12-16H2,(H,42,44)(H,43,48)(H,45,46). The number of ether oxygens (including phenoxy) is 1. The Morgan fingerprint density at radius 3 is 2.67 bits per heavy atom. The van der Waals surface area contributed by atoms with Crippen LogP contribution < -0.4 is 10.1 Å². The molecular weight excluding hydrogens is 617 g/mol. The number of amides is 1. The van der Waals surface area contributed by atoms with E-state index < -0.39 is 0 Å². The molecule has 6 aromatic rings. The van der Waals surface area contributed by atoms with Crippen molar-refractivity contribution in [1.82, 2.24) is 30.0 Å². The number of benzene rings is 2. The minimum absolute atomic E-state index is 0.0460. The molecule has 8 rings (SSSR count). The number of rotatable bonds is 10. The molecule has 5 heterocycles. The molecule has 1 saturated carbocycles. The Hall–Kier alpha value is -5.09. The molecule has 1 aliphatic carbocycles. The summed E-state index contributed by atoms with van der Waals surface area (Å²) in [7, 11) is 0. The maximum absolute atomic E-state index is 14.9. The second-order valence-electron chi connectivity index (χ2n) is 13.4. The molecule has 2 fully saturated rings. The number of nitrogens with zero attached hydrogens (tertiary/aromatic N) is 4. The third kappa shape index (κ3) is 6.91. The van der Waals surface area contributed by atoms with Crippen LogP contribution in [-0.4, -0.2) is 62.2 Å². The van der Waals surface area contributed by atoms with Crippen molar-refractivity contribution in [3.63, 3.8) is 0 Å². The predicted molar refractivity (Wildman–Crippen MR) is 191 cm³/mol. The lowest BCUT2D eigenvalue weighted by atomic mass is 9.87. The van der Waals surface area contributed by atoms with Crippen molar-refractivity contribution in [2.45, 2.75) is 51.4 Å². The summed E-state index contributed by atoms with van der Waals surface area (Å²) in [5, 5.41) is 12.7. The van der Waals surface area contributed by atoms with E-state index in [4.69, 9.17) is 4.74 Å². The van der Waals surface area contributed by atoms with E-state index in [1.165, 1.54) is 44.2 Å². The van der Waals surface area contributed by atoms with Gasteiger partial charge in [-0.2, -0.15) is 5.10 Å². The van der Waals surface area contributed by atoms with Gasteiger partial charge in [0.05, 0.1) is 23.1 Å². The Morgan fingerprint density at radius 2 is 1.80 bits per heavy atom. The zero-order chi connectivity index (χ0) is 33.2. The molecule has 49 heavy (non-hydrogen) atoms. The van der Waals surface area contributed by atoms with Gasteiger partial charge in [0.1, 0.15) is 29.5 Å². The predicted octanol–water partition coefficient (Wildman–Crippen LogP) is 8.36. The molecule has 1 saturated heterocycles. The molecule has 2 aromatic carbocycles. The molecule has 0 atom stereocenters. The van der Waals surface area contributed by atoms with Crippen LogP contribution in [0.1, 0.15) is 51.4 Å². The van der Waals surface area contributed by atoms with Gasteiger partial charge in [-0.15, -0.1) is 0 Å². The van der Waals surface area contributed by atoms with Crippen LogP contribution in [0.5, 0.6) is 5.75 Å². The maximum Gasteiger partial charge on any atom is 0.224 e. The molecule has 4 aromatic heterocycles. The molecule has 0 radical (unpaired) electrons. The number of hydrogen-bond acceptors (Lipinski definition) is 6. The van der Waals surface area contributed by atoms with Gasteiger partial charge in [-0.3, -0.25) is 19.8 Å². The molecule has 0 unspecified atom stereocenters. The van der Waals surface area contributed by atoms with Crippen molar-refractivity contribution in [3.8, 4) is 39.4 Å². The first-order valence-electron chi connectivity index (χ1n) is 17.4. The number of H-pyrrole nitrogens is 2. The summed E-state index contributed by atoms with van der Waals surface area (Å²) >= 11 is 0. The summed E-state index contributed by atoms with van der Waals surface area (Å²) in [6, 6.07) is 16.9. The molecule has 1 amide bonds. The van der Waals surface area contributed by atoms with Crippen molar-refractivity contribution < 1.29 is 13.9 Å². The second kappa shape index (κ2) is 13.8. The SMILES string of the molecule is O=C(CC1CCCCC1)Nc1cncc(-c2ccc3[nH]nc(-c4cc5c(-c6cc(F)cc(OCCN7CCCC7)c6)ccnc5[nH]4)c3c2)c1. The monoisotopic (exact) mass is 657 g/mol. The van der Waals surface area contributed by atoms with Crippen LogP contribution in [0, 0.1) is 11.7 Å². The van der Waals surface area contributed by atoms with Gasteiger partial charge in [-0.1, -0.05) is 25.3 Å². The number of aromatic nitrogens is 5. The number of pyridine rings is 2. The highest BCUT2D eigenvalue weighted by Gasteiger charge is 2.19. The van der Waals surface area contributed by atoms with Crippen LogP contribution in [-0.2, 0) is 4.79 Å². The van der Waals surface area contributed by atoms with E-state index in [1.54, 1.807) is 18.6 Å². The molecule has 2 aliphatic rings. The summed E-state index contributed by atoms with van der Waals surface area (Å²) in [6.45, 7) is 3.55. The summed E-state index contributed by atoms with van der Waals surface area (Å²) in [4.78, 5) is 27.6. The van der Waals surface area contributed by atoms with E-state index in [2.05, 4.69) is 41.4 Å². The van der Waals surface area contributed by atoms with Crippen molar-refractivity contribution in [3.05, 3.63) is 79.0 Å². The Morgan fingerprint density at radius 1 is 0.918 bits per heavy atom. The zero-order valence-corrected chi connectivity index (χ0v) is 27.5. The number of carbonyl (C=O) groups is 1. The van der Waals surface area contributed by atoms with Gasteiger partial charge in [0.2, 0.25) is 5.91 Å². The van der Waals surface area contributed by atoms with Crippen molar-refractivity contribution in [2.75, 3.05) is 31.6 Å². The van der Waals surface area contributed by atoms with E-state index in [-0.39, 0.29) is 11.7 Å². The summed E-state index contributed by atoms with van der Waals surface area (Å²) in [6.07, 6.45) is 14.2. The summed E-state index contributed by atoms with van der Waals surface area (Å²) in [5.41, 5.74) is 7.23. The van der Waals surface area contributed by atoms with Crippen LogP contribution in [0.25, 0.3) is 55.6 Å². The van der Waals surface area contributed by atoms with E-state index in [0.717, 1.165) is 82.4 Å². The average molecular weight is 658 g/mol. The van der Waals surface area contributed by atoms with Gasteiger partial charge in [-0.05, 0) is 104 Å². The molecule has 250 valence electrons. The Bertz CT molecular complexity index is 2110. The largest absolute Gasteiger partial charge is 0.492 e. The Kier molecular flexibility index (Phi) is 8.78. The minimum atomic E-state index is -0.345. The van der Waals surface area contributed by atoms with E-state index >= 15 is 0 Å². The smallest absolute Gasteiger partial charge is 0.224 e. The Labute approximate surface area is 284 Å². The van der Waals surface area contributed by atoms with Gasteiger partial charge in [0.25, 0.3) is 0 Å². The third-order valence-corrected chi connectivity index (χ3v) is 9.96. The number of likely N-dealkylation sites (tertiary alicyclic amines) is 1. The van der Waals surface area contributed by atoms with Crippen LogP contribution in [0.2, 0.25) is 0 Å². The number of carbonyl (C=O) groups excluding carboxylic acids is 1. The number of fused-ring (bicyclic) bond motifs is 2. The van der Waals surface area contributed by atoms with Crippen LogP contribution in [0.4, 0.5) is 10.1 Å². The molecule has 9 nitrogen and oxygen atoms in total. The quantitative estimate of drug-likeness (QED) is 0.137. The molecule has 0 bridgehead atoms. The highest BCUT2D eigenvalue weighted by atomic mass is 19.1. The molecule has 3 N–H and O–H groups in total. The Balaban J connectivity index is 1.05. The van der Waals surface area contributed by atoms with Crippen LogP contribution >= 0.6 is 0 Å². The van der Waals surface area contributed by atoms with E-state index in [0.29, 0.717) is 36.0 Å². The number of anilines is 1. The number of halogens is 1. The fourth-order valence-electron chi connectivity index (χ4n) is 7.44. The minimum Gasteiger partial charge on any atom is -0.492 e. The van der Waals surface area contributed by atoms with Gasteiger partial charge >= 0.3 is 0 Å². The zero-order valence-electron chi connectivity index (χ0n) is 27.5. The third-order valence-electron chi connectivity index (χ3n) is 9.96. The van der Waals surface area contributed by atoms with E-state index in [1.807, 2.05) is 36.4 Å². The van der Waals surface area contributed by atoms with Gasteiger partial charge in [0, 0.05) is 47.8 Å². The van der Waals surface area contributed by atoms with Crippen molar-refractivity contribution in [1.29, 1.82) is 0 Å². The first-order valence-corrected chi connectivity index (χ1v) is 17.4. The summed E-state index contributed by atoms with van der Waals surface area (Å²) in [5.74, 6) is 0.688. The highest BCUT2D eigenvalue weighted by Crippen LogP contribution is 2.36. The molecular formula is C39H40FN7O2. The molecule has 0 spiro atoms. The topological polar surface area (TPSA) is 112 Å². The molecule has 10 heteroatoms. The van der Waals surface area contributed by atoms with Crippen LogP contribution in [0.3, 0.4) is 0 Å². The average Bonchev–Trinajstić information content (AvgIpc) is 3.88. The molecule has 1 aliphatic heterocycles.